The first-order valence-corrected chi connectivity index (χ1v) is 7.28. The Balaban J connectivity index is 1.92. The number of esters is 1. The van der Waals surface area contributed by atoms with Gasteiger partial charge in [-0.1, -0.05) is 36.4 Å². The number of anilines is 2. The van der Waals surface area contributed by atoms with Crippen molar-refractivity contribution in [3.63, 3.8) is 0 Å². The van der Waals surface area contributed by atoms with E-state index in [-0.39, 0.29) is 5.56 Å². The van der Waals surface area contributed by atoms with Crippen LogP contribution in [0.5, 0.6) is 0 Å². The van der Waals surface area contributed by atoms with Gasteiger partial charge in [0.2, 0.25) is 5.95 Å². The zero-order valence-corrected chi connectivity index (χ0v) is 12.9. The van der Waals surface area contributed by atoms with Crippen molar-refractivity contribution >= 4 is 17.6 Å². The summed E-state index contributed by atoms with van der Waals surface area (Å²) >= 11 is 0. The molecule has 0 spiro atoms. The highest BCUT2D eigenvalue weighted by Crippen LogP contribution is 2.18. The van der Waals surface area contributed by atoms with E-state index in [1.807, 2.05) is 30.3 Å². The summed E-state index contributed by atoms with van der Waals surface area (Å²) in [5.41, 5.74) is 2.16. The summed E-state index contributed by atoms with van der Waals surface area (Å²) in [5.74, 6) is -0.137. The number of carbonyl (C=O) groups excluding carboxylic acids is 1. The molecule has 0 radical (unpaired) electrons. The molecule has 1 aromatic heterocycles. The van der Waals surface area contributed by atoms with Crippen LogP contribution in [0, 0.1) is 0 Å². The van der Waals surface area contributed by atoms with Crippen LogP contribution in [0.3, 0.4) is 0 Å². The second kappa shape index (κ2) is 6.78. The van der Waals surface area contributed by atoms with E-state index >= 15 is 0 Å². The molecule has 0 aliphatic carbocycles. The summed E-state index contributed by atoms with van der Waals surface area (Å²) in [6, 6.07) is 17.6. The van der Waals surface area contributed by atoms with Crippen LogP contribution in [0.25, 0.3) is 11.3 Å². The molecule has 2 N–H and O–H groups in total. The Kier molecular flexibility index (Phi) is 4.38. The quantitative estimate of drug-likeness (QED) is 0.722. The van der Waals surface area contributed by atoms with E-state index in [9.17, 15) is 9.59 Å². The highest BCUT2D eigenvalue weighted by molar-refractivity contribution is 5.90. The van der Waals surface area contributed by atoms with Gasteiger partial charge in [0, 0.05) is 17.3 Å². The lowest BCUT2D eigenvalue weighted by Crippen LogP contribution is -2.11. The first-order valence-electron chi connectivity index (χ1n) is 7.28. The van der Waals surface area contributed by atoms with E-state index in [0.717, 1.165) is 5.56 Å². The normalized spacial score (nSPS) is 10.2. The molecule has 24 heavy (non-hydrogen) atoms. The maximum Gasteiger partial charge on any atom is 0.337 e. The van der Waals surface area contributed by atoms with Crippen molar-refractivity contribution in [1.29, 1.82) is 0 Å². The average Bonchev–Trinajstić information content (AvgIpc) is 2.61. The second-order valence-corrected chi connectivity index (χ2v) is 5.04. The number of nitrogens with one attached hydrogen (secondary N) is 2. The second-order valence-electron chi connectivity index (χ2n) is 5.04. The molecule has 0 aliphatic rings. The largest absolute Gasteiger partial charge is 0.465 e. The van der Waals surface area contributed by atoms with Gasteiger partial charge in [0.15, 0.2) is 0 Å². The molecule has 0 saturated heterocycles. The fourth-order valence-electron chi connectivity index (χ4n) is 2.25. The Hall–Kier alpha value is -3.41. The minimum atomic E-state index is -0.432. The monoisotopic (exact) mass is 321 g/mol. The number of aromatic amines is 1. The number of rotatable bonds is 4. The van der Waals surface area contributed by atoms with Crippen LogP contribution < -0.4 is 10.9 Å². The number of ether oxygens (including phenoxy) is 1. The topological polar surface area (TPSA) is 84.1 Å². The Morgan fingerprint density at radius 1 is 1.08 bits per heavy atom. The van der Waals surface area contributed by atoms with E-state index in [1.165, 1.54) is 13.2 Å². The van der Waals surface area contributed by atoms with Gasteiger partial charge < -0.3 is 10.1 Å². The van der Waals surface area contributed by atoms with Gasteiger partial charge in [-0.15, -0.1) is 0 Å². The van der Waals surface area contributed by atoms with Crippen molar-refractivity contribution < 1.29 is 9.53 Å². The van der Waals surface area contributed by atoms with E-state index in [4.69, 9.17) is 4.74 Å². The van der Waals surface area contributed by atoms with E-state index < -0.39 is 5.97 Å². The number of aromatic nitrogens is 2. The third-order valence-corrected chi connectivity index (χ3v) is 3.36. The Morgan fingerprint density at radius 2 is 1.88 bits per heavy atom. The molecule has 3 aromatic rings. The molecular formula is C18H15N3O3. The number of methoxy groups -OCH3 is 1. The van der Waals surface area contributed by atoms with Crippen LogP contribution in [-0.2, 0) is 4.74 Å². The number of carbonyl (C=O) groups is 1. The van der Waals surface area contributed by atoms with E-state index in [2.05, 4.69) is 15.3 Å². The fourth-order valence-corrected chi connectivity index (χ4v) is 2.25. The third kappa shape index (κ3) is 3.49. The van der Waals surface area contributed by atoms with Gasteiger partial charge in [0.05, 0.1) is 18.4 Å². The summed E-state index contributed by atoms with van der Waals surface area (Å²) in [6.45, 7) is 0. The minimum Gasteiger partial charge on any atom is -0.465 e. The van der Waals surface area contributed by atoms with Crippen molar-refractivity contribution in [3.05, 3.63) is 76.6 Å². The zero-order valence-electron chi connectivity index (χ0n) is 12.9. The van der Waals surface area contributed by atoms with Crippen LogP contribution in [0.15, 0.2) is 65.5 Å². The van der Waals surface area contributed by atoms with Crippen LogP contribution in [-0.4, -0.2) is 23.0 Å². The fraction of sp³-hybridized carbons (Fsp3) is 0.0556. The molecule has 0 amide bonds. The molecule has 0 unspecified atom stereocenters. The molecule has 0 atom stereocenters. The number of benzene rings is 2. The molecule has 1 heterocycles. The molecule has 0 bridgehead atoms. The summed E-state index contributed by atoms with van der Waals surface area (Å²) < 4.78 is 4.70. The molecule has 3 rings (SSSR count). The molecule has 6 heteroatoms. The number of hydrogen-bond donors (Lipinski definition) is 2. The lowest BCUT2D eigenvalue weighted by molar-refractivity contribution is 0.0601. The first kappa shape index (κ1) is 15.5. The number of nitrogens with zero attached hydrogens (tertiary/aromatic N) is 1. The Bertz CT molecular complexity index is 920. The van der Waals surface area contributed by atoms with Crippen LogP contribution in [0.2, 0.25) is 0 Å². The van der Waals surface area contributed by atoms with Crippen molar-refractivity contribution in [2.75, 3.05) is 12.4 Å². The summed E-state index contributed by atoms with van der Waals surface area (Å²) in [5, 5.41) is 3.00. The summed E-state index contributed by atoms with van der Waals surface area (Å²) in [7, 11) is 1.32. The number of H-pyrrole nitrogens is 1. The Labute approximate surface area is 138 Å². The predicted molar refractivity (Wildman–Crippen MR) is 91.4 cm³/mol. The smallest absolute Gasteiger partial charge is 0.337 e. The van der Waals surface area contributed by atoms with Crippen molar-refractivity contribution in [2.24, 2.45) is 0 Å². The van der Waals surface area contributed by atoms with Gasteiger partial charge >= 0.3 is 5.97 Å². The van der Waals surface area contributed by atoms with E-state index in [0.29, 0.717) is 22.9 Å². The van der Waals surface area contributed by atoms with Gasteiger partial charge in [-0.25, -0.2) is 9.78 Å². The lowest BCUT2D eigenvalue weighted by Gasteiger charge is -2.08. The first-order chi connectivity index (χ1) is 11.7. The van der Waals surface area contributed by atoms with Crippen molar-refractivity contribution in [1.82, 2.24) is 9.97 Å². The third-order valence-electron chi connectivity index (χ3n) is 3.36. The van der Waals surface area contributed by atoms with E-state index in [1.54, 1.807) is 24.3 Å². The van der Waals surface area contributed by atoms with Gasteiger partial charge in [0.25, 0.3) is 5.56 Å². The van der Waals surface area contributed by atoms with Crippen LogP contribution >= 0.6 is 0 Å². The van der Waals surface area contributed by atoms with Crippen LogP contribution in [0.1, 0.15) is 10.4 Å². The minimum absolute atomic E-state index is 0.268. The van der Waals surface area contributed by atoms with Gasteiger partial charge in [-0.05, 0) is 18.2 Å². The molecule has 2 aromatic carbocycles. The maximum absolute atomic E-state index is 11.9. The maximum atomic E-state index is 11.9. The molecule has 0 fully saturated rings. The molecule has 0 aliphatic heterocycles. The number of hydrogen-bond acceptors (Lipinski definition) is 5. The molecule has 120 valence electrons. The molecule has 0 saturated carbocycles. The molecular weight excluding hydrogens is 306 g/mol. The van der Waals surface area contributed by atoms with Gasteiger partial charge in [-0.3, -0.25) is 9.78 Å². The summed E-state index contributed by atoms with van der Waals surface area (Å²) in [6.07, 6.45) is 0. The van der Waals surface area contributed by atoms with Crippen LogP contribution in [0.4, 0.5) is 11.6 Å². The van der Waals surface area contributed by atoms with Crippen molar-refractivity contribution in [3.8, 4) is 11.3 Å². The zero-order chi connectivity index (χ0) is 16.9. The van der Waals surface area contributed by atoms with Gasteiger partial charge in [0.1, 0.15) is 0 Å². The summed E-state index contributed by atoms with van der Waals surface area (Å²) in [4.78, 5) is 30.5. The van der Waals surface area contributed by atoms with Crippen molar-refractivity contribution in [2.45, 2.75) is 0 Å². The highest BCUT2D eigenvalue weighted by Gasteiger charge is 2.08. The standard InChI is InChI=1S/C18H15N3O3/c1-24-17(23)13-8-5-9-14(10-13)19-18-20-15(11-16(22)21-18)12-6-3-2-4-7-12/h2-11H,1H3,(H2,19,20,21,22). The predicted octanol–water partition coefficient (Wildman–Crippen LogP) is 2.97. The highest BCUT2D eigenvalue weighted by atomic mass is 16.5. The average molecular weight is 321 g/mol. The Morgan fingerprint density at radius 3 is 2.62 bits per heavy atom. The van der Waals surface area contributed by atoms with Gasteiger partial charge in [-0.2, -0.15) is 0 Å². The molecule has 6 nitrogen and oxygen atoms in total. The lowest BCUT2D eigenvalue weighted by atomic mass is 10.1. The SMILES string of the molecule is COC(=O)c1cccc(Nc2nc(-c3ccccc3)cc(=O)[nH]2)c1.